The lowest BCUT2D eigenvalue weighted by atomic mass is 10.2. The van der Waals surface area contributed by atoms with Crippen molar-refractivity contribution in [2.45, 2.75) is 17.7 Å². The molecule has 0 radical (unpaired) electrons. The predicted octanol–water partition coefficient (Wildman–Crippen LogP) is 1.18. The van der Waals surface area contributed by atoms with Gasteiger partial charge in [-0.25, -0.2) is 8.42 Å². The average molecular weight is 283 g/mol. The molecule has 1 fully saturated rings. The van der Waals surface area contributed by atoms with Crippen LogP contribution >= 0.6 is 0 Å². The Morgan fingerprint density at radius 1 is 1.32 bits per heavy atom. The smallest absolute Gasteiger partial charge is 0.175 e. The summed E-state index contributed by atoms with van der Waals surface area (Å²) in [6, 6.07) is 4.83. The highest BCUT2D eigenvalue weighted by Crippen LogP contribution is 2.22. The molecular formula is C13H21N3O2S. The van der Waals surface area contributed by atoms with Gasteiger partial charge in [0.05, 0.1) is 16.3 Å². The van der Waals surface area contributed by atoms with Crippen LogP contribution in [0.3, 0.4) is 0 Å². The van der Waals surface area contributed by atoms with Crippen molar-refractivity contribution in [2.75, 3.05) is 43.5 Å². The van der Waals surface area contributed by atoms with Gasteiger partial charge in [0.2, 0.25) is 0 Å². The van der Waals surface area contributed by atoms with E-state index in [2.05, 4.69) is 10.2 Å². The lowest BCUT2D eigenvalue weighted by Crippen LogP contribution is -2.26. The van der Waals surface area contributed by atoms with Crippen molar-refractivity contribution in [3.63, 3.8) is 0 Å². The molecular weight excluding hydrogens is 262 g/mol. The Morgan fingerprint density at radius 3 is 2.58 bits per heavy atom. The molecule has 1 aliphatic heterocycles. The fraction of sp³-hybridized carbons (Fsp3) is 0.538. The van der Waals surface area contributed by atoms with E-state index in [9.17, 15) is 8.42 Å². The molecule has 0 aliphatic carbocycles. The van der Waals surface area contributed by atoms with Crippen molar-refractivity contribution in [3.8, 4) is 0 Å². The fourth-order valence-electron chi connectivity index (χ4n) is 2.29. The van der Waals surface area contributed by atoms with Crippen LogP contribution in [-0.4, -0.2) is 45.8 Å². The molecule has 1 aromatic carbocycles. The first-order valence-electron chi connectivity index (χ1n) is 6.52. The Hall–Kier alpha value is -1.27. The summed E-state index contributed by atoms with van der Waals surface area (Å²) in [5.41, 5.74) is 7.15. The molecule has 2 rings (SSSR count). The molecule has 106 valence electrons. The van der Waals surface area contributed by atoms with Gasteiger partial charge in [-0.3, -0.25) is 0 Å². The third-order valence-corrected chi connectivity index (χ3v) is 4.50. The second kappa shape index (κ2) is 5.79. The summed E-state index contributed by atoms with van der Waals surface area (Å²) in [4.78, 5) is 2.67. The van der Waals surface area contributed by atoms with Gasteiger partial charge in [-0.15, -0.1) is 0 Å². The normalized spacial score (nSPS) is 16.7. The molecule has 0 bridgehead atoms. The number of sulfone groups is 1. The van der Waals surface area contributed by atoms with E-state index in [-0.39, 0.29) is 4.90 Å². The molecule has 6 heteroatoms. The van der Waals surface area contributed by atoms with Crippen molar-refractivity contribution in [2.24, 2.45) is 0 Å². The highest BCUT2D eigenvalue weighted by molar-refractivity contribution is 7.90. The topological polar surface area (TPSA) is 75.4 Å². The number of rotatable bonds is 5. The minimum absolute atomic E-state index is 0.259. The predicted molar refractivity (Wildman–Crippen MR) is 78.1 cm³/mol. The van der Waals surface area contributed by atoms with Gasteiger partial charge in [-0.1, -0.05) is 0 Å². The maximum absolute atomic E-state index is 11.4. The number of likely N-dealkylation sites (tertiary alicyclic amines) is 1. The van der Waals surface area contributed by atoms with Crippen LogP contribution in [0.25, 0.3) is 0 Å². The van der Waals surface area contributed by atoms with Gasteiger partial charge in [0.1, 0.15) is 0 Å². The number of anilines is 2. The summed E-state index contributed by atoms with van der Waals surface area (Å²) in [5, 5.41) is 3.26. The Morgan fingerprint density at radius 2 is 2.00 bits per heavy atom. The molecule has 0 amide bonds. The van der Waals surface area contributed by atoms with E-state index in [0.29, 0.717) is 5.69 Å². The number of nitrogens with zero attached hydrogens (tertiary/aromatic N) is 1. The van der Waals surface area contributed by atoms with Crippen molar-refractivity contribution in [1.29, 1.82) is 0 Å². The van der Waals surface area contributed by atoms with Crippen molar-refractivity contribution < 1.29 is 8.42 Å². The molecule has 0 aromatic heterocycles. The zero-order valence-electron chi connectivity index (χ0n) is 11.2. The summed E-state index contributed by atoms with van der Waals surface area (Å²) in [6.07, 6.45) is 3.75. The molecule has 1 saturated heterocycles. The maximum atomic E-state index is 11.4. The van der Waals surface area contributed by atoms with Crippen LogP contribution in [0.5, 0.6) is 0 Å². The van der Waals surface area contributed by atoms with Crippen molar-refractivity contribution in [1.82, 2.24) is 4.90 Å². The van der Waals surface area contributed by atoms with Gasteiger partial charge in [-0.2, -0.15) is 0 Å². The van der Waals surface area contributed by atoms with E-state index < -0.39 is 9.84 Å². The van der Waals surface area contributed by atoms with Crippen LogP contribution < -0.4 is 11.1 Å². The molecule has 1 aromatic rings. The number of nitrogens with two attached hydrogens (primary N) is 1. The fourth-order valence-corrected chi connectivity index (χ4v) is 2.94. The number of nitrogen functional groups attached to an aromatic ring is 1. The molecule has 0 atom stereocenters. The Labute approximate surface area is 114 Å². The minimum atomic E-state index is -3.19. The average Bonchev–Trinajstić information content (AvgIpc) is 2.83. The maximum Gasteiger partial charge on any atom is 0.175 e. The highest BCUT2D eigenvalue weighted by atomic mass is 32.2. The summed E-state index contributed by atoms with van der Waals surface area (Å²) in [7, 11) is -3.19. The van der Waals surface area contributed by atoms with E-state index in [1.54, 1.807) is 12.1 Å². The lowest BCUT2D eigenvalue weighted by molar-refractivity contribution is 0.353. The van der Waals surface area contributed by atoms with Gasteiger partial charge in [0, 0.05) is 19.3 Å². The molecule has 5 nitrogen and oxygen atoms in total. The van der Waals surface area contributed by atoms with Crippen LogP contribution in [-0.2, 0) is 9.84 Å². The van der Waals surface area contributed by atoms with Crippen molar-refractivity contribution in [3.05, 3.63) is 18.2 Å². The van der Waals surface area contributed by atoms with Crippen LogP contribution in [0.1, 0.15) is 12.8 Å². The molecule has 1 aliphatic rings. The number of nitrogens with one attached hydrogen (secondary N) is 1. The standard InChI is InChI=1S/C13H21N3O2S/c1-19(17,18)11-4-5-13(12(14)10-11)15-6-9-16-7-2-3-8-16/h4-5,10,15H,2-3,6-9,14H2,1H3. The van der Waals surface area contributed by atoms with Gasteiger partial charge in [0.25, 0.3) is 0 Å². The molecule has 0 unspecified atom stereocenters. The largest absolute Gasteiger partial charge is 0.397 e. The molecule has 1 heterocycles. The Bertz CT molecular complexity index is 537. The molecule has 19 heavy (non-hydrogen) atoms. The summed E-state index contributed by atoms with van der Waals surface area (Å²) in [6.45, 7) is 4.16. The summed E-state index contributed by atoms with van der Waals surface area (Å²) in [5.74, 6) is 0. The van der Waals surface area contributed by atoms with E-state index >= 15 is 0 Å². The quantitative estimate of drug-likeness (QED) is 0.794. The van der Waals surface area contributed by atoms with Gasteiger partial charge >= 0.3 is 0 Å². The first kappa shape index (κ1) is 14.1. The van der Waals surface area contributed by atoms with Gasteiger partial charge in [-0.05, 0) is 44.1 Å². The van der Waals surface area contributed by atoms with E-state index in [1.165, 1.54) is 38.3 Å². The zero-order valence-corrected chi connectivity index (χ0v) is 12.0. The van der Waals surface area contributed by atoms with Crippen LogP contribution in [0.2, 0.25) is 0 Å². The van der Waals surface area contributed by atoms with E-state index in [0.717, 1.165) is 18.8 Å². The highest BCUT2D eigenvalue weighted by Gasteiger charge is 2.12. The zero-order chi connectivity index (χ0) is 13.9. The monoisotopic (exact) mass is 283 g/mol. The number of benzene rings is 1. The van der Waals surface area contributed by atoms with E-state index in [1.807, 2.05) is 0 Å². The van der Waals surface area contributed by atoms with Gasteiger partial charge in [0.15, 0.2) is 9.84 Å². The van der Waals surface area contributed by atoms with Crippen LogP contribution in [0.4, 0.5) is 11.4 Å². The van der Waals surface area contributed by atoms with Crippen molar-refractivity contribution >= 4 is 21.2 Å². The second-order valence-corrected chi connectivity index (χ2v) is 7.01. The van der Waals surface area contributed by atoms with E-state index in [4.69, 9.17) is 5.73 Å². The lowest BCUT2D eigenvalue weighted by Gasteiger charge is -2.16. The van der Waals surface area contributed by atoms with Gasteiger partial charge < -0.3 is 16.0 Å². The second-order valence-electron chi connectivity index (χ2n) is 5.00. The number of hydrogen-bond acceptors (Lipinski definition) is 5. The Kier molecular flexibility index (Phi) is 4.31. The Balaban J connectivity index is 1.93. The minimum Gasteiger partial charge on any atom is -0.397 e. The van der Waals surface area contributed by atoms with Crippen LogP contribution in [0.15, 0.2) is 23.1 Å². The summed E-state index contributed by atoms with van der Waals surface area (Å²) < 4.78 is 22.8. The first-order chi connectivity index (χ1) is 8.97. The third-order valence-electron chi connectivity index (χ3n) is 3.39. The molecule has 0 saturated carbocycles. The first-order valence-corrected chi connectivity index (χ1v) is 8.42. The number of hydrogen-bond donors (Lipinski definition) is 2. The molecule has 3 N–H and O–H groups in total. The SMILES string of the molecule is CS(=O)(=O)c1ccc(NCCN2CCCC2)c(N)c1. The van der Waals surface area contributed by atoms with Crippen LogP contribution in [0, 0.1) is 0 Å². The summed E-state index contributed by atoms with van der Waals surface area (Å²) >= 11 is 0. The molecule has 0 spiro atoms. The third kappa shape index (κ3) is 3.84.